The second kappa shape index (κ2) is 2.29. The maximum absolute atomic E-state index is 9.34. The van der Waals surface area contributed by atoms with Crippen molar-refractivity contribution in [3.05, 3.63) is 29.6 Å². The average Bonchev–Trinajstić information content (AvgIpc) is 2.30. The Balaban J connectivity index is 2.47. The second-order valence-electron chi connectivity index (χ2n) is 2.76. The number of fused-ring (bicyclic) bond motifs is 1. The molecule has 58 valence electrons. The molecule has 11 heavy (non-hydrogen) atoms. The molecule has 0 saturated carbocycles. The summed E-state index contributed by atoms with van der Waals surface area (Å²) < 4.78 is 0. The molecule has 1 aromatic heterocycles. The fourth-order valence-corrected chi connectivity index (χ4v) is 1.41. The summed E-state index contributed by atoms with van der Waals surface area (Å²) in [6.45, 7) is 0. The minimum atomic E-state index is -0.786. The van der Waals surface area contributed by atoms with E-state index in [-0.39, 0.29) is 0 Å². The second-order valence-corrected chi connectivity index (χ2v) is 2.76. The summed E-state index contributed by atoms with van der Waals surface area (Å²) in [7, 11) is 0. The zero-order valence-corrected chi connectivity index (χ0v) is 5.94. The van der Waals surface area contributed by atoms with Crippen molar-refractivity contribution in [3.8, 4) is 0 Å². The van der Waals surface area contributed by atoms with Crippen molar-refractivity contribution in [3.63, 3.8) is 0 Å². The van der Waals surface area contributed by atoms with Crippen LogP contribution in [0, 0.1) is 0 Å². The zero-order chi connectivity index (χ0) is 7.84. The fraction of sp³-hybridized carbons (Fsp3) is 0.375. The van der Waals surface area contributed by atoms with Crippen molar-refractivity contribution in [2.45, 2.75) is 18.6 Å². The van der Waals surface area contributed by atoms with Crippen LogP contribution in [-0.4, -0.2) is 21.3 Å². The van der Waals surface area contributed by atoms with E-state index in [0.29, 0.717) is 12.1 Å². The number of aromatic nitrogens is 1. The lowest BCUT2D eigenvalue weighted by Gasteiger charge is -2.05. The molecule has 3 nitrogen and oxygen atoms in total. The smallest absolute Gasteiger partial charge is 0.122 e. The Bertz CT molecular complexity index is 275. The predicted molar refractivity (Wildman–Crippen MR) is 38.9 cm³/mol. The molecule has 0 aromatic carbocycles. The number of aliphatic hydroxyl groups excluding tert-OH is 2. The average molecular weight is 151 g/mol. The zero-order valence-electron chi connectivity index (χ0n) is 5.94. The molecule has 2 rings (SSSR count). The van der Waals surface area contributed by atoms with Gasteiger partial charge in [-0.2, -0.15) is 0 Å². The molecule has 2 atom stereocenters. The van der Waals surface area contributed by atoms with Gasteiger partial charge in [-0.05, 0) is 11.6 Å². The molecule has 1 aliphatic carbocycles. The van der Waals surface area contributed by atoms with Crippen molar-refractivity contribution in [1.82, 2.24) is 4.98 Å². The van der Waals surface area contributed by atoms with Gasteiger partial charge in [0.15, 0.2) is 0 Å². The molecule has 1 heterocycles. The summed E-state index contributed by atoms with van der Waals surface area (Å²) in [4.78, 5) is 3.98. The summed E-state index contributed by atoms with van der Waals surface area (Å²) in [6, 6.07) is 3.69. The van der Waals surface area contributed by atoms with Crippen LogP contribution in [0.25, 0.3) is 0 Å². The van der Waals surface area contributed by atoms with Crippen LogP contribution >= 0.6 is 0 Å². The van der Waals surface area contributed by atoms with E-state index in [9.17, 15) is 10.2 Å². The van der Waals surface area contributed by atoms with Gasteiger partial charge >= 0.3 is 0 Å². The molecule has 0 saturated heterocycles. The first-order valence-electron chi connectivity index (χ1n) is 3.59. The van der Waals surface area contributed by atoms with Gasteiger partial charge in [0.1, 0.15) is 6.10 Å². The molecular formula is C8H9NO2. The van der Waals surface area contributed by atoms with Crippen molar-refractivity contribution in [2.75, 3.05) is 0 Å². The number of hydrogen-bond donors (Lipinski definition) is 2. The Labute approximate surface area is 64.3 Å². The SMILES string of the molecule is OC1Cc2cccnc2C1O. The Morgan fingerprint density at radius 1 is 1.45 bits per heavy atom. The maximum Gasteiger partial charge on any atom is 0.122 e. The van der Waals surface area contributed by atoms with Crippen LogP contribution in [0.5, 0.6) is 0 Å². The molecule has 2 unspecified atom stereocenters. The summed E-state index contributed by atoms with van der Waals surface area (Å²) in [5.74, 6) is 0. The van der Waals surface area contributed by atoms with Crippen LogP contribution in [-0.2, 0) is 6.42 Å². The molecule has 0 radical (unpaired) electrons. The number of aliphatic hydroxyl groups is 2. The number of nitrogens with zero attached hydrogens (tertiary/aromatic N) is 1. The largest absolute Gasteiger partial charge is 0.390 e. The minimum Gasteiger partial charge on any atom is -0.390 e. The quantitative estimate of drug-likeness (QED) is 0.550. The first-order chi connectivity index (χ1) is 5.29. The highest BCUT2D eigenvalue weighted by molar-refractivity contribution is 5.28. The highest BCUT2D eigenvalue weighted by Crippen LogP contribution is 2.28. The van der Waals surface area contributed by atoms with E-state index < -0.39 is 12.2 Å². The van der Waals surface area contributed by atoms with E-state index >= 15 is 0 Å². The minimum absolute atomic E-state index is 0.518. The summed E-state index contributed by atoms with van der Waals surface area (Å²) in [5.41, 5.74) is 1.58. The van der Waals surface area contributed by atoms with Crippen LogP contribution in [0.4, 0.5) is 0 Å². The van der Waals surface area contributed by atoms with E-state index in [4.69, 9.17) is 0 Å². The van der Waals surface area contributed by atoms with Gasteiger partial charge in [0, 0.05) is 12.6 Å². The lowest BCUT2D eigenvalue weighted by Crippen LogP contribution is -2.12. The fourth-order valence-electron chi connectivity index (χ4n) is 1.41. The topological polar surface area (TPSA) is 53.4 Å². The van der Waals surface area contributed by atoms with Gasteiger partial charge in [-0.15, -0.1) is 0 Å². The molecule has 0 amide bonds. The van der Waals surface area contributed by atoms with Gasteiger partial charge in [-0.3, -0.25) is 4.98 Å². The third kappa shape index (κ3) is 0.931. The predicted octanol–water partition coefficient (Wildman–Crippen LogP) is 0.0320. The van der Waals surface area contributed by atoms with Crippen LogP contribution in [0.15, 0.2) is 18.3 Å². The maximum atomic E-state index is 9.34. The van der Waals surface area contributed by atoms with Crippen molar-refractivity contribution < 1.29 is 10.2 Å². The van der Waals surface area contributed by atoms with Gasteiger partial charge in [-0.1, -0.05) is 6.07 Å². The summed E-state index contributed by atoms with van der Waals surface area (Å²) in [6.07, 6.45) is 0.691. The first kappa shape index (κ1) is 6.76. The van der Waals surface area contributed by atoms with Gasteiger partial charge in [0.2, 0.25) is 0 Å². The molecule has 1 aliphatic rings. The van der Waals surface area contributed by atoms with Gasteiger partial charge in [0.25, 0.3) is 0 Å². The van der Waals surface area contributed by atoms with Gasteiger partial charge in [0.05, 0.1) is 11.8 Å². The first-order valence-corrected chi connectivity index (χ1v) is 3.59. The van der Waals surface area contributed by atoms with Crippen LogP contribution < -0.4 is 0 Å². The normalized spacial score (nSPS) is 28.5. The molecule has 0 fully saturated rings. The third-order valence-electron chi connectivity index (χ3n) is 2.00. The van der Waals surface area contributed by atoms with E-state index in [1.807, 2.05) is 12.1 Å². The van der Waals surface area contributed by atoms with Crippen molar-refractivity contribution >= 4 is 0 Å². The number of hydrogen-bond acceptors (Lipinski definition) is 3. The Morgan fingerprint density at radius 3 is 3.00 bits per heavy atom. The Kier molecular flexibility index (Phi) is 1.41. The van der Waals surface area contributed by atoms with Crippen molar-refractivity contribution in [1.29, 1.82) is 0 Å². The van der Waals surface area contributed by atoms with Crippen molar-refractivity contribution in [2.24, 2.45) is 0 Å². The molecule has 0 bridgehead atoms. The van der Waals surface area contributed by atoms with Crippen LogP contribution in [0.3, 0.4) is 0 Å². The lowest BCUT2D eigenvalue weighted by molar-refractivity contribution is 0.0306. The molecule has 0 spiro atoms. The molecule has 0 aliphatic heterocycles. The lowest BCUT2D eigenvalue weighted by atomic mass is 10.2. The number of rotatable bonds is 0. The Morgan fingerprint density at radius 2 is 2.27 bits per heavy atom. The number of pyridine rings is 1. The molecular weight excluding hydrogens is 142 g/mol. The highest BCUT2D eigenvalue weighted by atomic mass is 16.3. The van der Waals surface area contributed by atoms with Gasteiger partial charge in [-0.25, -0.2) is 0 Å². The summed E-state index contributed by atoms with van der Waals surface area (Å²) in [5, 5.41) is 18.6. The van der Waals surface area contributed by atoms with Crippen LogP contribution in [0.2, 0.25) is 0 Å². The standard InChI is InChI=1S/C8H9NO2/c10-6-4-5-2-1-3-9-7(5)8(6)11/h1-3,6,8,10-11H,4H2. The van der Waals surface area contributed by atoms with E-state index in [1.165, 1.54) is 0 Å². The highest BCUT2D eigenvalue weighted by Gasteiger charge is 2.29. The third-order valence-corrected chi connectivity index (χ3v) is 2.00. The summed E-state index contributed by atoms with van der Waals surface area (Å²) >= 11 is 0. The van der Waals surface area contributed by atoms with Gasteiger partial charge < -0.3 is 10.2 Å². The van der Waals surface area contributed by atoms with E-state index in [2.05, 4.69) is 4.98 Å². The van der Waals surface area contributed by atoms with E-state index in [0.717, 1.165) is 5.56 Å². The molecule has 3 heteroatoms. The molecule has 2 N–H and O–H groups in total. The Hall–Kier alpha value is -0.930. The molecule has 1 aromatic rings. The monoisotopic (exact) mass is 151 g/mol. The van der Waals surface area contributed by atoms with Crippen LogP contribution in [0.1, 0.15) is 17.4 Å². The van der Waals surface area contributed by atoms with E-state index in [1.54, 1.807) is 6.20 Å².